The minimum absolute atomic E-state index is 0.0596. The Hall–Kier alpha value is -3.57. The Kier molecular flexibility index (Phi) is 6.42. The van der Waals surface area contributed by atoms with E-state index in [0.29, 0.717) is 11.3 Å². The highest BCUT2D eigenvalue weighted by Crippen LogP contribution is 2.28. The van der Waals surface area contributed by atoms with Crippen LogP contribution in [0.2, 0.25) is 0 Å². The number of methoxy groups -OCH3 is 1. The van der Waals surface area contributed by atoms with E-state index in [2.05, 4.69) is 9.44 Å². The lowest BCUT2D eigenvalue weighted by atomic mass is 10.2. The molecule has 0 atom stereocenters. The topological polar surface area (TPSA) is 139 Å². The molecule has 0 aliphatic rings. The van der Waals surface area contributed by atoms with Gasteiger partial charge in [0.1, 0.15) is 5.75 Å². The third-order valence-electron chi connectivity index (χ3n) is 4.53. The summed E-state index contributed by atoms with van der Waals surface area (Å²) < 4.78 is 61.1. The highest BCUT2D eigenvalue weighted by molar-refractivity contribution is 7.93. The van der Waals surface area contributed by atoms with Crippen molar-refractivity contribution in [3.8, 4) is 5.75 Å². The first-order valence-corrected chi connectivity index (χ1v) is 12.1. The number of hydrogen-bond donors (Lipinski definition) is 3. The van der Waals surface area contributed by atoms with Gasteiger partial charge in [-0.3, -0.25) is 9.44 Å². The highest BCUT2D eigenvalue weighted by Gasteiger charge is 2.21. The van der Waals surface area contributed by atoms with Crippen molar-refractivity contribution in [3.63, 3.8) is 0 Å². The van der Waals surface area contributed by atoms with E-state index in [1.54, 1.807) is 25.1 Å². The predicted molar refractivity (Wildman–Crippen MR) is 119 cm³/mol. The summed E-state index contributed by atoms with van der Waals surface area (Å²) in [6.45, 7) is 1.62. The van der Waals surface area contributed by atoms with E-state index in [1.807, 2.05) is 0 Å². The molecule has 0 bridgehead atoms. The maximum absolute atomic E-state index is 12.9. The number of nitrogens with one attached hydrogen (secondary N) is 2. The minimum atomic E-state index is -4.09. The van der Waals surface area contributed by atoms with Gasteiger partial charge >= 0.3 is 5.97 Å². The van der Waals surface area contributed by atoms with Crippen LogP contribution in [-0.4, -0.2) is 35.0 Å². The number of hydrogen-bond acceptors (Lipinski definition) is 6. The summed E-state index contributed by atoms with van der Waals surface area (Å²) in [5, 5.41) is 8.96. The van der Waals surface area contributed by atoms with Crippen LogP contribution in [0.5, 0.6) is 5.75 Å². The summed E-state index contributed by atoms with van der Waals surface area (Å²) in [7, 11) is -6.73. The van der Waals surface area contributed by atoms with E-state index in [9.17, 15) is 21.6 Å². The minimum Gasteiger partial charge on any atom is -0.495 e. The van der Waals surface area contributed by atoms with Gasteiger partial charge in [0.25, 0.3) is 20.0 Å². The van der Waals surface area contributed by atoms with Crippen LogP contribution in [0.3, 0.4) is 0 Å². The zero-order valence-corrected chi connectivity index (χ0v) is 18.7. The summed E-state index contributed by atoms with van der Waals surface area (Å²) in [6, 6.07) is 15.2. The number of rotatable bonds is 8. The van der Waals surface area contributed by atoms with E-state index in [1.165, 1.54) is 43.5 Å². The fraction of sp³-hybridized carbons (Fsp3) is 0.0952. The number of carboxylic acids is 1. The second-order valence-corrected chi connectivity index (χ2v) is 10.1. The molecule has 3 rings (SSSR count). The molecular weight excluding hydrogens is 456 g/mol. The van der Waals surface area contributed by atoms with Crippen molar-refractivity contribution >= 4 is 37.4 Å². The van der Waals surface area contributed by atoms with Gasteiger partial charge < -0.3 is 9.84 Å². The smallest absolute Gasteiger partial charge is 0.335 e. The van der Waals surface area contributed by atoms with E-state index in [4.69, 9.17) is 9.84 Å². The summed E-state index contributed by atoms with van der Waals surface area (Å²) in [5.74, 6) is -0.855. The van der Waals surface area contributed by atoms with Crippen LogP contribution in [-0.2, 0) is 20.0 Å². The number of aryl methyl sites for hydroxylation is 1. The number of anilines is 2. The molecule has 0 unspecified atom stereocenters. The Labute approximate surface area is 185 Å². The van der Waals surface area contributed by atoms with Crippen LogP contribution in [0.25, 0.3) is 0 Å². The Morgan fingerprint density at radius 2 is 1.38 bits per heavy atom. The van der Waals surface area contributed by atoms with Crippen LogP contribution < -0.4 is 14.2 Å². The molecule has 0 amide bonds. The summed E-state index contributed by atoms with van der Waals surface area (Å²) in [5.41, 5.74) is 0.731. The van der Waals surface area contributed by atoms with Crippen molar-refractivity contribution in [2.75, 3.05) is 16.6 Å². The molecule has 168 valence electrons. The van der Waals surface area contributed by atoms with Crippen molar-refractivity contribution in [2.24, 2.45) is 0 Å². The predicted octanol–water partition coefficient (Wildman–Crippen LogP) is 3.30. The molecule has 0 aliphatic heterocycles. The average molecular weight is 477 g/mol. The Morgan fingerprint density at radius 1 is 0.812 bits per heavy atom. The number of carboxylic acid groups (broad SMARTS) is 1. The van der Waals surface area contributed by atoms with Gasteiger partial charge in [-0.1, -0.05) is 18.2 Å². The zero-order chi connectivity index (χ0) is 23.5. The molecule has 0 spiro atoms. The summed E-state index contributed by atoms with van der Waals surface area (Å²) >= 11 is 0. The van der Waals surface area contributed by atoms with Crippen LogP contribution in [0, 0.1) is 6.92 Å². The number of ether oxygens (including phenoxy) is 1. The van der Waals surface area contributed by atoms with Crippen molar-refractivity contribution < 1.29 is 31.5 Å². The van der Waals surface area contributed by atoms with Gasteiger partial charge in [-0.25, -0.2) is 21.6 Å². The SMILES string of the molecule is COc1ccccc1NS(=O)(=O)c1ccc(C)c(NS(=O)(=O)c2ccc(C(=O)O)cc2)c1. The third-order valence-corrected chi connectivity index (χ3v) is 7.27. The van der Waals surface area contributed by atoms with Gasteiger partial charge in [-0.15, -0.1) is 0 Å². The molecule has 9 nitrogen and oxygen atoms in total. The third kappa shape index (κ3) is 5.01. The molecule has 3 N–H and O–H groups in total. The fourth-order valence-corrected chi connectivity index (χ4v) is 5.01. The molecule has 0 saturated heterocycles. The van der Waals surface area contributed by atoms with Gasteiger partial charge in [0.2, 0.25) is 0 Å². The van der Waals surface area contributed by atoms with Crippen LogP contribution in [0.15, 0.2) is 76.5 Å². The lowest BCUT2D eigenvalue weighted by molar-refractivity contribution is 0.0696. The Morgan fingerprint density at radius 3 is 2.00 bits per heavy atom. The molecule has 3 aromatic rings. The summed E-state index contributed by atoms with van der Waals surface area (Å²) in [6.07, 6.45) is 0. The molecule has 0 aliphatic carbocycles. The number of carbonyl (C=O) groups is 1. The second-order valence-electron chi connectivity index (χ2n) is 6.72. The normalized spacial score (nSPS) is 11.6. The first kappa shape index (κ1) is 23.1. The highest BCUT2D eigenvalue weighted by atomic mass is 32.2. The van der Waals surface area contributed by atoms with Gasteiger partial charge in [-0.2, -0.15) is 0 Å². The van der Waals surface area contributed by atoms with Crippen LogP contribution in [0.1, 0.15) is 15.9 Å². The van der Waals surface area contributed by atoms with E-state index in [0.717, 1.165) is 12.1 Å². The molecular formula is C21H20N2O7S2. The first-order chi connectivity index (χ1) is 15.0. The van der Waals surface area contributed by atoms with Crippen LogP contribution >= 0.6 is 0 Å². The van der Waals surface area contributed by atoms with Crippen molar-refractivity contribution in [2.45, 2.75) is 16.7 Å². The van der Waals surface area contributed by atoms with E-state index >= 15 is 0 Å². The standard InChI is InChI=1S/C21H20N2O7S2/c1-14-7-10-17(32(28,29)22-18-5-3-4-6-20(18)30-2)13-19(14)23-31(26,27)16-11-8-15(9-12-16)21(24)25/h3-13,22-23H,1-2H3,(H,24,25). The van der Waals surface area contributed by atoms with Crippen molar-refractivity contribution in [3.05, 3.63) is 77.9 Å². The fourth-order valence-electron chi connectivity index (χ4n) is 2.79. The van der Waals surface area contributed by atoms with Gasteiger partial charge in [-0.05, 0) is 61.0 Å². The molecule has 0 aromatic heterocycles. The molecule has 32 heavy (non-hydrogen) atoms. The molecule has 11 heteroatoms. The number of para-hydroxylation sites is 2. The number of benzene rings is 3. The van der Waals surface area contributed by atoms with E-state index < -0.39 is 26.0 Å². The maximum Gasteiger partial charge on any atom is 0.335 e. The first-order valence-electron chi connectivity index (χ1n) is 9.16. The largest absolute Gasteiger partial charge is 0.495 e. The molecule has 0 saturated carbocycles. The van der Waals surface area contributed by atoms with Gasteiger partial charge in [0.05, 0.1) is 33.8 Å². The Balaban J connectivity index is 1.92. The number of aromatic carboxylic acids is 1. The molecule has 0 heterocycles. The zero-order valence-electron chi connectivity index (χ0n) is 17.1. The maximum atomic E-state index is 12.9. The second kappa shape index (κ2) is 8.89. The summed E-state index contributed by atoms with van der Waals surface area (Å²) in [4.78, 5) is 10.6. The molecule has 3 aromatic carbocycles. The van der Waals surface area contributed by atoms with Gasteiger partial charge in [0.15, 0.2) is 0 Å². The molecule has 0 fully saturated rings. The number of sulfonamides is 2. The Bertz CT molecular complexity index is 1370. The van der Waals surface area contributed by atoms with E-state index in [-0.39, 0.29) is 26.7 Å². The van der Waals surface area contributed by atoms with Crippen LogP contribution in [0.4, 0.5) is 11.4 Å². The lowest BCUT2D eigenvalue weighted by Crippen LogP contribution is -2.16. The monoisotopic (exact) mass is 476 g/mol. The van der Waals surface area contributed by atoms with Gasteiger partial charge in [0, 0.05) is 0 Å². The lowest BCUT2D eigenvalue weighted by Gasteiger charge is -2.14. The quantitative estimate of drug-likeness (QED) is 0.453. The van der Waals surface area contributed by atoms with Crippen molar-refractivity contribution in [1.29, 1.82) is 0 Å². The van der Waals surface area contributed by atoms with Crippen molar-refractivity contribution in [1.82, 2.24) is 0 Å². The molecule has 0 radical (unpaired) electrons. The average Bonchev–Trinajstić information content (AvgIpc) is 2.75.